The number of aryl methyl sites for hydroxylation is 2. The monoisotopic (exact) mass is 295 g/mol. The molecule has 3 rings (SSSR count). The topological polar surface area (TPSA) is 60.9 Å². The van der Waals surface area contributed by atoms with Gasteiger partial charge < -0.3 is 8.98 Å². The largest absolute Gasteiger partial charge is 0.444 e. The quantitative estimate of drug-likeness (QED) is 0.678. The molecule has 0 spiro atoms. The summed E-state index contributed by atoms with van der Waals surface area (Å²) in [7, 11) is 0. The van der Waals surface area contributed by atoms with E-state index in [4.69, 9.17) is 4.42 Å². The van der Waals surface area contributed by atoms with Gasteiger partial charge in [0.1, 0.15) is 17.8 Å². The zero-order valence-corrected chi connectivity index (χ0v) is 12.6. The van der Waals surface area contributed by atoms with Crippen LogP contribution in [0, 0.1) is 6.92 Å². The van der Waals surface area contributed by atoms with Crippen molar-refractivity contribution in [3.63, 3.8) is 0 Å². The van der Waals surface area contributed by atoms with Crippen LogP contribution in [0.1, 0.15) is 34.5 Å². The molecule has 22 heavy (non-hydrogen) atoms. The Labute approximate surface area is 128 Å². The van der Waals surface area contributed by atoms with Crippen molar-refractivity contribution in [2.24, 2.45) is 0 Å². The lowest BCUT2D eigenvalue weighted by Gasteiger charge is -2.05. The van der Waals surface area contributed by atoms with Crippen LogP contribution < -0.4 is 0 Å². The molecule has 0 N–H and O–H groups in total. The molecule has 5 nitrogen and oxygen atoms in total. The number of carbonyl (C=O) groups is 1. The Bertz CT molecular complexity index is 802. The summed E-state index contributed by atoms with van der Waals surface area (Å²) < 4.78 is 7.43. The van der Waals surface area contributed by atoms with Crippen LogP contribution in [-0.2, 0) is 13.0 Å². The van der Waals surface area contributed by atoms with Gasteiger partial charge in [-0.2, -0.15) is 0 Å². The van der Waals surface area contributed by atoms with Gasteiger partial charge in [0.2, 0.25) is 5.89 Å². The minimum Gasteiger partial charge on any atom is -0.444 e. The summed E-state index contributed by atoms with van der Waals surface area (Å²) in [5.74, 6) is 1.45. The Morgan fingerprint density at radius 1 is 1.36 bits per heavy atom. The maximum Gasteiger partial charge on any atom is 0.226 e. The number of oxazole rings is 1. The molecule has 0 aliphatic carbocycles. The number of rotatable bonds is 5. The molecular formula is C17H17N3O2. The van der Waals surface area contributed by atoms with Crippen molar-refractivity contribution >= 4 is 6.29 Å². The second-order valence-electron chi connectivity index (χ2n) is 5.17. The van der Waals surface area contributed by atoms with Crippen LogP contribution in [-0.4, -0.2) is 20.8 Å². The van der Waals surface area contributed by atoms with Crippen LogP contribution in [0.5, 0.6) is 0 Å². The molecule has 0 saturated carbocycles. The molecule has 5 heteroatoms. The summed E-state index contributed by atoms with van der Waals surface area (Å²) in [4.78, 5) is 19.9. The minimum atomic E-state index is 0.479. The zero-order chi connectivity index (χ0) is 15.5. The van der Waals surface area contributed by atoms with E-state index in [0.717, 1.165) is 35.4 Å². The average Bonchev–Trinajstić information content (AvgIpc) is 3.14. The van der Waals surface area contributed by atoms with Crippen LogP contribution in [0.3, 0.4) is 0 Å². The van der Waals surface area contributed by atoms with Crippen molar-refractivity contribution in [1.29, 1.82) is 0 Å². The fourth-order valence-electron chi connectivity index (χ4n) is 2.44. The van der Waals surface area contributed by atoms with Crippen LogP contribution in [0.4, 0.5) is 0 Å². The second kappa shape index (κ2) is 5.97. The molecule has 0 atom stereocenters. The molecule has 0 radical (unpaired) electrons. The molecule has 112 valence electrons. The SMILES string of the molecule is CCc1ncc(C=O)n1Cc1coc(-c2cccc(C)c2)n1. The third kappa shape index (κ3) is 2.70. The number of carbonyl (C=O) groups excluding carboxylic acids is 1. The number of nitrogens with zero attached hydrogens (tertiary/aromatic N) is 3. The Kier molecular flexibility index (Phi) is 3.87. The van der Waals surface area contributed by atoms with Gasteiger partial charge in [-0.1, -0.05) is 24.6 Å². The van der Waals surface area contributed by atoms with Gasteiger partial charge in [-0.15, -0.1) is 0 Å². The standard InChI is InChI=1S/C17H17N3O2/c1-3-16-18-8-15(10-21)20(16)9-14-11-22-17(19-14)13-6-4-5-12(2)7-13/h4-8,10-11H,3,9H2,1-2H3. The van der Waals surface area contributed by atoms with Gasteiger partial charge in [0.25, 0.3) is 0 Å². The highest BCUT2D eigenvalue weighted by Gasteiger charge is 2.12. The fourth-order valence-corrected chi connectivity index (χ4v) is 2.44. The molecule has 0 amide bonds. The lowest BCUT2D eigenvalue weighted by Crippen LogP contribution is -2.08. The van der Waals surface area contributed by atoms with E-state index in [9.17, 15) is 4.79 Å². The number of aldehydes is 1. The van der Waals surface area contributed by atoms with Crippen molar-refractivity contribution in [2.45, 2.75) is 26.8 Å². The normalized spacial score (nSPS) is 10.8. The Morgan fingerprint density at radius 2 is 2.23 bits per heavy atom. The van der Waals surface area contributed by atoms with Crippen molar-refractivity contribution in [3.8, 4) is 11.5 Å². The number of hydrogen-bond acceptors (Lipinski definition) is 4. The zero-order valence-electron chi connectivity index (χ0n) is 12.6. The molecule has 2 heterocycles. The van der Waals surface area contributed by atoms with E-state index in [1.165, 1.54) is 0 Å². The molecule has 3 aromatic rings. The van der Waals surface area contributed by atoms with E-state index in [2.05, 4.69) is 9.97 Å². The smallest absolute Gasteiger partial charge is 0.226 e. The third-order valence-corrected chi connectivity index (χ3v) is 3.54. The van der Waals surface area contributed by atoms with Crippen molar-refractivity contribution in [2.75, 3.05) is 0 Å². The van der Waals surface area contributed by atoms with Crippen LogP contribution in [0.15, 0.2) is 41.1 Å². The lowest BCUT2D eigenvalue weighted by atomic mass is 10.1. The molecule has 2 aromatic heterocycles. The molecule has 0 unspecified atom stereocenters. The summed E-state index contributed by atoms with van der Waals surface area (Å²) >= 11 is 0. The van der Waals surface area contributed by atoms with Gasteiger partial charge >= 0.3 is 0 Å². The van der Waals surface area contributed by atoms with Gasteiger partial charge in [0, 0.05) is 12.0 Å². The highest BCUT2D eigenvalue weighted by atomic mass is 16.3. The van der Waals surface area contributed by atoms with E-state index >= 15 is 0 Å². The highest BCUT2D eigenvalue weighted by Crippen LogP contribution is 2.20. The molecule has 0 saturated heterocycles. The lowest BCUT2D eigenvalue weighted by molar-refractivity contribution is 0.111. The van der Waals surface area contributed by atoms with Crippen LogP contribution in [0.25, 0.3) is 11.5 Å². The van der Waals surface area contributed by atoms with Gasteiger partial charge in [-0.25, -0.2) is 9.97 Å². The maximum atomic E-state index is 11.1. The van der Waals surface area contributed by atoms with Crippen LogP contribution >= 0.6 is 0 Å². The summed E-state index contributed by atoms with van der Waals surface area (Å²) in [6.07, 6.45) is 4.79. The van der Waals surface area contributed by atoms with E-state index < -0.39 is 0 Å². The second-order valence-corrected chi connectivity index (χ2v) is 5.17. The van der Waals surface area contributed by atoms with E-state index in [1.807, 2.05) is 42.7 Å². The summed E-state index contributed by atoms with van der Waals surface area (Å²) in [6, 6.07) is 8.00. The van der Waals surface area contributed by atoms with Crippen molar-refractivity contribution < 1.29 is 9.21 Å². The van der Waals surface area contributed by atoms with E-state index in [-0.39, 0.29) is 0 Å². The number of imidazole rings is 1. The first kappa shape index (κ1) is 14.3. The molecule has 1 aromatic carbocycles. The summed E-state index contributed by atoms with van der Waals surface area (Å²) in [6.45, 7) is 4.52. The molecule has 0 aliphatic rings. The third-order valence-electron chi connectivity index (χ3n) is 3.54. The first-order valence-corrected chi connectivity index (χ1v) is 7.22. The van der Waals surface area contributed by atoms with Crippen molar-refractivity contribution in [3.05, 3.63) is 59.5 Å². The predicted molar refractivity (Wildman–Crippen MR) is 82.8 cm³/mol. The summed E-state index contributed by atoms with van der Waals surface area (Å²) in [5.41, 5.74) is 3.43. The first-order chi connectivity index (χ1) is 10.7. The molecule has 0 bridgehead atoms. The Balaban J connectivity index is 1.89. The van der Waals surface area contributed by atoms with Gasteiger partial charge in [0.15, 0.2) is 6.29 Å². The molecular weight excluding hydrogens is 278 g/mol. The maximum absolute atomic E-state index is 11.1. The number of hydrogen-bond donors (Lipinski definition) is 0. The molecule has 0 fully saturated rings. The highest BCUT2D eigenvalue weighted by molar-refractivity contribution is 5.72. The van der Waals surface area contributed by atoms with Crippen LogP contribution in [0.2, 0.25) is 0 Å². The van der Waals surface area contributed by atoms with E-state index in [1.54, 1.807) is 12.5 Å². The van der Waals surface area contributed by atoms with Gasteiger partial charge in [0.05, 0.1) is 18.4 Å². The fraction of sp³-hybridized carbons (Fsp3) is 0.235. The Morgan fingerprint density at radius 3 is 2.95 bits per heavy atom. The van der Waals surface area contributed by atoms with Gasteiger partial charge in [-0.05, 0) is 19.1 Å². The Hall–Kier alpha value is -2.69. The van der Waals surface area contributed by atoms with Gasteiger partial charge in [-0.3, -0.25) is 4.79 Å². The van der Waals surface area contributed by atoms with E-state index in [0.29, 0.717) is 18.1 Å². The van der Waals surface area contributed by atoms with Crippen molar-refractivity contribution in [1.82, 2.24) is 14.5 Å². The molecule has 0 aliphatic heterocycles. The average molecular weight is 295 g/mol. The minimum absolute atomic E-state index is 0.479. The number of aromatic nitrogens is 3. The predicted octanol–water partition coefficient (Wildman–Crippen LogP) is 3.27. The first-order valence-electron chi connectivity index (χ1n) is 7.22. The number of benzene rings is 1. The summed E-state index contributed by atoms with van der Waals surface area (Å²) in [5, 5.41) is 0.